The van der Waals surface area contributed by atoms with Gasteiger partial charge in [-0.25, -0.2) is 0 Å². The Kier molecular flexibility index (Phi) is 5.18. The highest BCUT2D eigenvalue weighted by Crippen LogP contribution is 2.39. The minimum Gasteiger partial charge on any atom is -0.496 e. The second kappa shape index (κ2) is 7.32. The maximum atomic E-state index is 12.3. The van der Waals surface area contributed by atoms with Crippen molar-refractivity contribution < 1.29 is 19.0 Å². The quantitative estimate of drug-likeness (QED) is 0.902. The first-order chi connectivity index (χ1) is 11.2. The number of amides is 1. The van der Waals surface area contributed by atoms with Crippen LogP contribution in [0.15, 0.2) is 24.3 Å². The van der Waals surface area contributed by atoms with Crippen LogP contribution in [0.4, 0.5) is 0 Å². The summed E-state index contributed by atoms with van der Waals surface area (Å²) in [5.74, 6) is 0.879. The van der Waals surface area contributed by atoms with Crippen LogP contribution in [0.25, 0.3) is 0 Å². The van der Waals surface area contributed by atoms with Crippen LogP contribution in [0.3, 0.4) is 0 Å². The van der Waals surface area contributed by atoms with Crippen LogP contribution in [0, 0.1) is 0 Å². The lowest BCUT2D eigenvalue weighted by Crippen LogP contribution is -2.47. The summed E-state index contributed by atoms with van der Waals surface area (Å²) in [5.41, 5.74) is 1.01. The number of carbonyl (C=O) groups excluding carboxylic acids is 1. The molecule has 0 spiro atoms. The molecule has 2 saturated heterocycles. The molecule has 0 bridgehead atoms. The predicted octanol–water partition coefficient (Wildman–Crippen LogP) is 2.04. The highest BCUT2D eigenvalue weighted by molar-refractivity contribution is 5.81. The van der Waals surface area contributed by atoms with Gasteiger partial charge in [-0.2, -0.15) is 0 Å². The van der Waals surface area contributed by atoms with Gasteiger partial charge in [-0.05, 0) is 31.7 Å². The molecule has 1 atom stereocenters. The van der Waals surface area contributed by atoms with Crippen molar-refractivity contribution in [3.63, 3.8) is 0 Å². The molecule has 0 aliphatic carbocycles. The fourth-order valence-corrected chi connectivity index (χ4v) is 3.54. The third-order valence-corrected chi connectivity index (χ3v) is 4.95. The number of para-hydroxylation sites is 1. The number of benzene rings is 1. The molecule has 1 N–H and O–H groups in total. The topological polar surface area (TPSA) is 56.8 Å². The van der Waals surface area contributed by atoms with Crippen LogP contribution in [-0.2, 0) is 19.7 Å². The zero-order chi connectivity index (χ0) is 16.1. The molecule has 5 nitrogen and oxygen atoms in total. The normalized spacial score (nSPS) is 23.4. The average molecular weight is 319 g/mol. The third kappa shape index (κ3) is 3.51. The lowest BCUT2D eigenvalue weighted by atomic mass is 9.73. The Bertz CT molecular complexity index is 534. The molecule has 1 aromatic rings. The van der Waals surface area contributed by atoms with Crippen LogP contribution < -0.4 is 10.1 Å². The molecule has 1 aromatic carbocycles. The zero-order valence-corrected chi connectivity index (χ0v) is 13.7. The van der Waals surface area contributed by atoms with E-state index in [0.29, 0.717) is 26.4 Å². The van der Waals surface area contributed by atoms with Crippen LogP contribution in [0.1, 0.15) is 31.2 Å². The number of carbonyl (C=O) groups is 1. The van der Waals surface area contributed by atoms with Gasteiger partial charge < -0.3 is 19.5 Å². The first-order valence-electron chi connectivity index (χ1n) is 8.36. The molecule has 5 heteroatoms. The second-order valence-electron chi connectivity index (χ2n) is 6.31. The Hall–Kier alpha value is -1.59. The van der Waals surface area contributed by atoms with Crippen LogP contribution in [0.2, 0.25) is 0 Å². The molecule has 2 fully saturated rings. The summed E-state index contributed by atoms with van der Waals surface area (Å²) in [6.07, 6.45) is 3.24. The highest BCUT2D eigenvalue weighted by Gasteiger charge is 2.37. The average Bonchev–Trinajstić information content (AvgIpc) is 3.15. The molecular formula is C18H25NO4. The van der Waals surface area contributed by atoms with Gasteiger partial charge in [0.05, 0.1) is 7.11 Å². The Morgan fingerprint density at radius 2 is 2.09 bits per heavy atom. The molecule has 2 heterocycles. The van der Waals surface area contributed by atoms with Gasteiger partial charge >= 0.3 is 0 Å². The van der Waals surface area contributed by atoms with E-state index in [2.05, 4.69) is 11.4 Å². The van der Waals surface area contributed by atoms with Crippen molar-refractivity contribution in [2.75, 3.05) is 33.5 Å². The van der Waals surface area contributed by atoms with Crippen molar-refractivity contribution >= 4 is 5.91 Å². The van der Waals surface area contributed by atoms with Crippen LogP contribution in [-0.4, -0.2) is 45.5 Å². The Labute approximate surface area is 137 Å². The van der Waals surface area contributed by atoms with Gasteiger partial charge in [0.25, 0.3) is 0 Å². The van der Waals surface area contributed by atoms with E-state index in [1.165, 1.54) is 0 Å². The van der Waals surface area contributed by atoms with Gasteiger partial charge in [-0.3, -0.25) is 4.79 Å². The number of ether oxygens (including phenoxy) is 3. The van der Waals surface area contributed by atoms with Crippen LogP contribution in [0.5, 0.6) is 5.75 Å². The molecule has 23 heavy (non-hydrogen) atoms. The molecule has 1 unspecified atom stereocenters. The van der Waals surface area contributed by atoms with Gasteiger partial charge in [0, 0.05) is 37.3 Å². The van der Waals surface area contributed by atoms with E-state index in [1.807, 2.05) is 18.2 Å². The van der Waals surface area contributed by atoms with E-state index in [-0.39, 0.29) is 17.4 Å². The van der Waals surface area contributed by atoms with Gasteiger partial charge in [0.1, 0.15) is 11.9 Å². The van der Waals surface area contributed by atoms with E-state index in [9.17, 15) is 4.79 Å². The summed E-state index contributed by atoms with van der Waals surface area (Å²) < 4.78 is 16.6. The summed E-state index contributed by atoms with van der Waals surface area (Å²) in [5, 5.41) is 3.11. The summed E-state index contributed by atoms with van der Waals surface area (Å²) in [6, 6.07) is 8.08. The minimum atomic E-state index is -0.287. The standard InChI is InChI=1S/C18H25NO4/c1-21-15-6-3-2-5-14(15)18(8-11-22-12-9-18)13-19-17(20)16-7-4-10-23-16/h2-3,5-6,16H,4,7-13H2,1H3,(H,19,20). The molecule has 0 aromatic heterocycles. The summed E-state index contributed by atoms with van der Waals surface area (Å²) in [6.45, 7) is 2.68. The molecular weight excluding hydrogens is 294 g/mol. The second-order valence-corrected chi connectivity index (χ2v) is 6.31. The number of rotatable bonds is 5. The summed E-state index contributed by atoms with van der Waals surface area (Å²) >= 11 is 0. The SMILES string of the molecule is COc1ccccc1C1(CNC(=O)C2CCCO2)CCOCC1. The maximum Gasteiger partial charge on any atom is 0.249 e. The van der Waals surface area contributed by atoms with E-state index >= 15 is 0 Å². The minimum absolute atomic E-state index is 0.00302. The fraction of sp³-hybridized carbons (Fsp3) is 0.611. The first kappa shape index (κ1) is 16.3. The summed E-state index contributed by atoms with van der Waals surface area (Å²) in [7, 11) is 1.69. The Morgan fingerprint density at radius 1 is 1.30 bits per heavy atom. The highest BCUT2D eigenvalue weighted by atomic mass is 16.5. The van der Waals surface area contributed by atoms with Gasteiger partial charge in [-0.1, -0.05) is 18.2 Å². The molecule has 0 saturated carbocycles. The van der Waals surface area contributed by atoms with Crippen molar-refractivity contribution in [3.05, 3.63) is 29.8 Å². The molecule has 3 rings (SSSR count). The maximum absolute atomic E-state index is 12.3. The van der Waals surface area contributed by atoms with Gasteiger partial charge in [0.15, 0.2) is 0 Å². The first-order valence-corrected chi connectivity index (χ1v) is 8.36. The van der Waals surface area contributed by atoms with Crippen molar-refractivity contribution in [2.24, 2.45) is 0 Å². The van der Waals surface area contributed by atoms with Crippen molar-refractivity contribution in [3.8, 4) is 5.75 Å². The molecule has 1 amide bonds. The number of methoxy groups -OCH3 is 1. The number of hydrogen-bond acceptors (Lipinski definition) is 4. The Balaban J connectivity index is 1.77. The largest absolute Gasteiger partial charge is 0.496 e. The molecule has 2 aliphatic rings. The van der Waals surface area contributed by atoms with Crippen molar-refractivity contribution in [1.82, 2.24) is 5.32 Å². The summed E-state index contributed by atoms with van der Waals surface area (Å²) in [4.78, 5) is 12.3. The van der Waals surface area contributed by atoms with Crippen molar-refractivity contribution in [2.45, 2.75) is 37.2 Å². The van der Waals surface area contributed by atoms with E-state index in [0.717, 1.165) is 37.0 Å². The van der Waals surface area contributed by atoms with Gasteiger partial charge in [-0.15, -0.1) is 0 Å². The van der Waals surface area contributed by atoms with E-state index < -0.39 is 0 Å². The smallest absolute Gasteiger partial charge is 0.249 e. The lowest BCUT2D eigenvalue weighted by molar-refractivity contribution is -0.130. The predicted molar refractivity (Wildman–Crippen MR) is 86.7 cm³/mol. The number of hydrogen-bond donors (Lipinski definition) is 1. The zero-order valence-electron chi connectivity index (χ0n) is 13.7. The van der Waals surface area contributed by atoms with E-state index in [4.69, 9.17) is 14.2 Å². The van der Waals surface area contributed by atoms with E-state index in [1.54, 1.807) is 7.11 Å². The molecule has 2 aliphatic heterocycles. The van der Waals surface area contributed by atoms with Gasteiger partial charge in [0.2, 0.25) is 5.91 Å². The van der Waals surface area contributed by atoms with Crippen LogP contribution >= 0.6 is 0 Å². The Morgan fingerprint density at radius 3 is 2.78 bits per heavy atom. The third-order valence-electron chi connectivity index (χ3n) is 4.95. The molecule has 126 valence electrons. The fourth-order valence-electron chi connectivity index (χ4n) is 3.54. The lowest BCUT2D eigenvalue weighted by Gasteiger charge is -2.38. The number of nitrogens with one attached hydrogen (secondary N) is 1. The monoisotopic (exact) mass is 319 g/mol. The van der Waals surface area contributed by atoms with Crippen molar-refractivity contribution in [1.29, 1.82) is 0 Å². The molecule has 0 radical (unpaired) electrons.